The SMILES string of the molecule is CO[Si](CCCN)(OC)OCC(=O)CNC(C)=O.[N]. The van der Waals surface area contributed by atoms with Crippen molar-refractivity contribution in [1.82, 2.24) is 11.5 Å². The Balaban J connectivity index is 0. The minimum atomic E-state index is -2.80. The summed E-state index contributed by atoms with van der Waals surface area (Å²) in [5.74, 6) is -0.489. The van der Waals surface area contributed by atoms with Crippen molar-refractivity contribution >= 4 is 20.5 Å². The fraction of sp³-hybridized carbons (Fsp3) is 0.800. The predicted octanol–water partition coefficient (Wildman–Crippen LogP) is -1.19. The van der Waals surface area contributed by atoms with E-state index in [1.165, 1.54) is 21.1 Å². The number of nitrogens with one attached hydrogen (secondary N) is 1. The van der Waals surface area contributed by atoms with E-state index in [2.05, 4.69) is 5.32 Å². The van der Waals surface area contributed by atoms with E-state index >= 15 is 0 Å². The van der Waals surface area contributed by atoms with E-state index in [4.69, 9.17) is 19.0 Å². The highest BCUT2D eigenvalue weighted by molar-refractivity contribution is 6.60. The van der Waals surface area contributed by atoms with Crippen LogP contribution in [-0.2, 0) is 22.9 Å². The van der Waals surface area contributed by atoms with Gasteiger partial charge in [-0.15, -0.1) is 0 Å². The molecule has 0 aliphatic rings. The van der Waals surface area contributed by atoms with E-state index in [0.717, 1.165) is 0 Å². The van der Waals surface area contributed by atoms with E-state index in [0.29, 0.717) is 19.0 Å². The van der Waals surface area contributed by atoms with Crippen LogP contribution in [0.3, 0.4) is 0 Å². The van der Waals surface area contributed by atoms with Crippen LogP contribution in [0, 0.1) is 0 Å². The molecule has 3 radical (unpaired) electrons. The summed E-state index contributed by atoms with van der Waals surface area (Å²) in [6.07, 6.45) is 0.702. The molecule has 0 aliphatic heterocycles. The van der Waals surface area contributed by atoms with Crippen molar-refractivity contribution in [3.8, 4) is 0 Å². The molecule has 8 nitrogen and oxygen atoms in total. The van der Waals surface area contributed by atoms with Gasteiger partial charge in [0.2, 0.25) is 5.91 Å². The third-order valence-corrected chi connectivity index (χ3v) is 5.09. The normalized spacial score (nSPS) is 10.7. The van der Waals surface area contributed by atoms with Gasteiger partial charge in [0.25, 0.3) is 0 Å². The number of carbonyl (C=O) groups excluding carboxylic acids is 2. The molecule has 9 heteroatoms. The monoisotopic (exact) mass is 292 g/mol. The number of hydrogen-bond acceptors (Lipinski definition) is 6. The van der Waals surface area contributed by atoms with E-state index in [1.807, 2.05) is 0 Å². The number of nitrogens with zero attached hydrogens (tertiary/aromatic N) is 1. The Bertz CT molecular complexity index is 274. The Morgan fingerprint density at radius 1 is 1.26 bits per heavy atom. The van der Waals surface area contributed by atoms with Crippen molar-refractivity contribution in [2.24, 2.45) is 5.73 Å². The number of ketones is 1. The van der Waals surface area contributed by atoms with Gasteiger partial charge >= 0.3 is 8.80 Å². The van der Waals surface area contributed by atoms with Gasteiger partial charge in [0.1, 0.15) is 0 Å². The molecule has 0 bridgehead atoms. The molecule has 0 fully saturated rings. The molecule has 0 saturated carbocycles. The summed E-state index contributed by atoms with van der Waals surface area (Å²) in [6.45, 7) is 1.66. The lowest BCUT2D eigenvalue weighted by Crippen LogP contribution is -2.46. The lowest BCUT2D eigenvalue weighted by Gasteiger charge is -2.25. The predicted molar refractivity (Wildman–Crippen MR) is 70.0 cm³/mol. The second kappa shape index (κ2) is 11.0. The van der Waals surface area contributed by atoms with Crippen molar-refractivity contribution < 1.29 is 22.9 Å². The van der Waals surface area contributed by atoms with Crippen molar-refractivity contribution in [3.63, 3.8) is 0 Å². The van der Waals surface area contributed by atoms with Gasteiger partial charge < -0.3 is 24.3 Å². The van der Waals surface area contributed by atoms with Gasteiger partial charge in [-0.3, -0.25) is 9.59 Å². The molecule has 0 aromatic heterocycles. The summed E-state index contributed by atoms with van der Waals surface area (Å²) in [6, 6.07) is 0.559. The van der Waals surface area contributed by atoms with Crippen LogP contribution >= 0.6 is 0 Å². The molecule has 0 unspecified atom stereocenters. The van der Waals surface area contributed by atoms with Gasteiger partial charge in [0.15, 0.2) is 5.78 Å². The highest BCUT2D eigenvalue weighted by atomic mass is 28.4. The summed E-state index contributed by atoms with van der Waals surface area (Å²) in [5, 5.41) is 2.41. The summed E-state index contributed by atoms with van der Waals surface area (Å²) in [5.41, 5.74) is 5.42. The Kier molecular flexibility index (Phi) is 11.9. The van der Waals surface area contributed by atoms with Gasteiger partial charge in [-0.2, -0.15) is 0 Å². The van der Waals surface area contributed by atoms with E-state index in [-0.39, 0.29) is 31.0 Å². The van der Waals surface area contributed by atoms with Crippen LogP contribution < -0.4 is 17.2 Å². The third kappa shape index (κ3) is 8.81. The molecule has 111 valence electrons. The van der Waals surface area contributed by atoms with Gasteiger partial charge in [-0.05, 0) is 13.0 Å². The molecule has 19 heavy (non-hydrogen) atoms. The summed E-state index contributed by atoms with van der Waals surface area (Å²) in [4.78, 5) is 22.1. The Labute approximate surface area is 114 Å². The Morgan fingerprint density at radius 2 is 1.84 bits per heavy atom. The minimum absolute atomic E-state index is 0. The first kappa shape index (κ1) is 20.5. The van der Waals surface area contributed by atoms with Gasteiger partial charge in [0.05, 0.1) is 13.2 Å². The lowest BCUT2D eigenvalue weighted by molar-refractivity contribution is -0.125. The first-order chi connectivity index (χ1) is 8.49. The molecule has 0 spiro atoms. The molecular weight excluding hydrogens is 270 g/mol. The molecule has 0 aromatic carbocycles. The number of carbonyl (C=O) groups is 2. The zero-order valence-electron chi connectivity index (χ0n) is 11.6. The Hall–Kier alpha value is -0.843. The van der Waals surface area contributed by atoms with Crippen molar-refractivity contribution in [3.05, 3.63) is 0 Å². The molecule has 0 aliphatic carbocycles. The average molecular weight is 292 g/mol. The molecule has 0 rings (SSSR count). The molecule has 3 N–H and O–H groups in total. The van der Waals surface area contributed by atoms with Crippen molar-refractivity contribution in [2.45, 2.75) is 19.4 Å². The zero-order chi connectivity index (χ0) is 14.0. The van der Waals surface area contributed by atoms with Gasteiger partial charge in [-0.1, -0.05) is 0 Å². The van der Waals surface area contributed by atoms with Gasteiger partial charge in [-0.25, -0.2) is 0 Å². The van der Waals surface area contributed by atoms with Crippen LogP contribution in [-0.4, -0.2) is 54.4 Å². The third-order valence-electron chi connectivity index (χ3n) is 2.30. The topological polar surface area (TPSA) is 130 Å². The summed E-state index contributed by atoms with van der Waals surface area (Å²) in [7, 11) is 0.184. The van der Waals surface area contributed by atoms with Crippen LogP contribution in [0.5, 0.6) is 0 Å². The molecule has 0 atom stereocenters. The maximum atomic E-state index is 11.4. The molecule has 1 amide bonds. The number of rotatable bonds is 10. The fourth-order valence-electron chi connectivity index (χ4n) is 1.26. The summed E-state index contributed by atoms with van der Waals surface area (Å²) < 4.78 is 16.0. The van der Waals surface area contributed by atoms with E-state index in [9.17, 15) is 9.59 Å². The summed E-state index contributed by atoms with van der Waals surface area (Å²) >= 11 is 0. The smallest absolute Gasteiger partial charge is 0.377 e. The number of hydrogen-bond donors (Lipinski definition) is 2. The molecule has 0 aromatic rings. The number of Topliss-reactive ketones (excluding diaryl/α,β-unsaturated/α-hetero) is 1. The van der Waals surface area contributed by atoms with Gasteiger partial charge in [0, 0.05) is 33.3 Å². The minimum Gasteiger partial charge on any atom is -0.377 e. The van der Waals surface area contributed by atoms with Crippen LogP contribution in [0.1, 0.15) is 13.3 Å². The zero-order valence-corrected chi connectivity index (χ0v) is 12.6. The molecular formula is C10H22N3O5Si. The first-order valence-corrected chi connectivity index (χ1v) is 7.63. The maximum Gasteiger partial charge on any atom is 0.500 e. The van der Waals surface area contributed by atoms with Crippen molar-refractivity contribution in [2.75, 3.05) is 33.9 Å². The maximum absolute atomic E-state index is 11.4. The highest BCUT2D eigenvalue weighted by Crippen LogP contribution is 2.15. The Morgan fingerprint density at radius 3 is 2.26 bits per heavy atom. The van der Waals surface area contributed by atoms with Crippen molar-refractivity contribution in [1.29, 1.82) is 0 Å². The average Bonchev–Trinajstić information content (AvgIpc) is 2.37. The number of nitrogens with two attached hydrogens (primary N) is 1. The second-order valence-electron chi connectivity index (χ2n) is 3.72. The highest BCUT2D eigenvalue weighted by Gasteiger charge is 2.38. The van der Waals surface area contributed by atoms with Crippen LogP contribution in [0.25, 0.3) is 0 Å². The van der Waals surface area contributed by atoms with E-state index < -0.39 is 8.80 Å². The van der Waals surface area contributed by atoms with E-state index in [1.54, 1.807) is 0 Å². The standard InChI is InChI=1S/C10H22N2O5Si.N/c1-9(13)12-7-10(14)8-17-18(15-2,16-3)6-4-5-11;/h4-8,11H2,1-3H3,(H,12,13);. The van der Waals surface area contributed by atoms with Crippen LogP contribution in [0.2, 0.25) is 6.04 Å². The first-order valence-electron chi connectivity index (χ1n) is 5.70. The number of amides is 1. The largest absolute Gasteiger partial charge is 0.500 e. The molecule has 0 saturated heterocycles. The second-order valence-corrected chi connectivity index (χ2v) is 6.69. The van der Waals surface area contributed by atoms with Crippen LogP contribution in [0.4, 0.5) is 0 Å². The lowest BCUT2D eigenvalue weighted by atomic mass is 10.4. The van der Waals surface area contributed by atoms with Crippen LogP contribution in [0.15, 0.2) is 0 Å². The quantitative estimate of drug-likeness (QED) is 0.487. The fourth-order valence-corrected chi connectivity index (χ4v) is 3.23. The molecule has 0 heterocycles.